The molecule has 0 saturated carbocycles. The number of carbonyl (C=O) groups excluding carboxylic acids is 2. The summed E-state index contributed by atoms with van der Waals surface area (Å²) >= 11 is 1.05. The topological polar surface area (TPSA) is 74.7 Å². The summed E-state index contributed by atoms with van der Waals surface area (Å²) in [5.74, 6) is -1.00. The largest absolute Gasteiger partial charge is 0.481 e. The zero-order valence-corrected chi connectivity index (χ0v) is 12.0. The first kappa shape index (κ1) is 17.0. The maximum Gasteiger partial charge on any atom is 0.307 e. The Kier molecular flexibility index (Phi) is 8.45. The number of carboxylic acid groups (broad SMARTS) is 1. The van der Waals surface area contributed by atoms with Crippen molar-refractivity contribution in [2.75, 3.05) is 19.3 Å². The third-order valence-corrected chi connectivity index (χ3v) is 3.65. The average Bonchev–Trinajstić information content (AvgIpc) is 2.26. The van der Waals surface area contributed by atoms with Gasteiger partial charge < -0.3 is 10.0 Å². The Hall–Kier alpha value is -1.04. The molecule has 6 heteroatoms. The summed E-state index contributed by atoms with van der Waals surface area (Å²) < 4.78 is 0. The molecule has 0 aromatic carbocycles. The van der Waals surface area contributed by atoms with Gasteiger partial charge in [0, 0.05) is 33.2 Å². The third-order valence-electron chi connectivity index (χ3n) is 2.67. The molecular weight excluding hydrogens is 254 g/mol. The van der Waals surface area contributed by atoms with E-state index in [1.165, 1.54) is 13.8 Å². The highest BCUT2D eigenvalue weighted by atomic mass is 32.2. The van der Waals surface area contributed by atoms with E-state index in [1.807, 2.05) is 0 Å². The summed E-state index contributed by atoms with van der Waals surface area (Å²) in [6.45, 7) is 3.58. The quantitative estimate of drug-likeness (QED) is 0.681. The minimum Gasteiger partial charge on any atom is -0.481 e. The van der Waals surface area contributed by atoms with Crippen molar-refractivity contribution in [3.8, 4) is 0 Å². The van der Waals surface area contributed by atoms with E-state index in [2.05, 4.69) is 0 Å². The van der Waals surface area contributed by atoms with Crippen molar-refractivity contribution in [2.45, 2.75) is 33.1 Å². The van der Waals surface area contributed by atoms with Gasteiger partial charge in [-0.3, -0.25) is 14.4 Å². The van der Waals surface area contributed by atoms with Gasteiger partial charge in [-0.05, 0) is 12.8 Å². The molecule has 1 N–H and O–H groups in total. The zero-order chi connectivity index (χ0) is 14.1. The average molecular weight is 275 g/mol. The van der Waals surface area contributed by atoms with Crippen molar-refractivity contribution in [3.63, 3.8) is 0 Å². The molecule has 0 aliphatic carbocycles. The van der Waals surface area contributed by atoms with Crippen molar-refractivity contribution in [1.29, 1.82) is 0 Å². The predicted molar refractivity (Wildman–Crippen MR) is 71.4 cm³/mol. The Bertz CT molecular complexity index is 306. The molecule has 0 spiro atoms. The standard InChI is InChI=1S/C12H21NO4S/c1-9(14)13(3)7-5-4-6-11(12(16)17)8-18-10(2)15/h11H,4-8H2,1-3H3,(H,16,17). The molecule has 0 aromatic rings. The smallest absolute Gasteiger partial charge is 0.307 e. The highest BCUT2D eigenvalue weighted by Gasteiger charge is 2.18. The van der Waals surface area contributed by atoms with E-state index in [4.69, 9.17) is 5.11 Å². The van der Waals surface area contributed by atoms with E-state index in [-0.39, 0.29) is 11.0 Å². The number of thioether (sulfide) groups is 1. The second-order valence-corrected chi connectivity index (χ2v) is 5.47. The van der Waals surface area contributed by atoms with Crippen LogP contribution in [0.1, 0.15) is 33.1 Å². The molecule has 0 heterocycles. The monoisotopic (exact) mass is 275 g/mol. The van der Waals surface area contributed by atoms with Gasteiger partial charge in [0.05, 0.1) is 5.92 Å². The van der Waals surface area contributed by atoms with E-state index in [0.29, 0.717) is 18.7 Å². The lowest BCUT2D eigenvalue weighted by molar-refractivity contribution is -0.141. The van der Waals surface area contributed by atoms with Gasteiger partial charge >= 0.3 is 5.97 Å². The summed E-state index contributed by atoms with van der Waals surface area (Å²) in [7, 11) is 1.72. The molecule has 0 bridgehead atoms. The molecule has 0 aliphatic heterocycles. The van der Waals surface area contributed by atoms with Crippen LogP contribution in [0, 0.1) is 5.92 Å². The van der Waals surface area contributed by atoms with Crippen LogP contribution in [0.2, 0.25) is 0 Å². The van der Waals surface area contributed by atoms with Crippen LogP contribution in [-0.4, -0.2) is 46.3 Å². The van der Waals surface area contributed by atoms with Crippen molar-refractivity contribution >= 4 is 28.8 Å². The van der Waals surface area contributed by atoms with Crippen molar-refractivity contribution in [3.05, 3.63) is 0 Å². The minimum atomic E-state index is -0.858. The van der Waals surface area contributed by atoms with Crippen molar-refractivity contribution in [1.82, 2.24) is 4.90 Å². The molecule has 1 unspecified atom stereocenters. The number of aliphatic carboxylic acids is 1. The third kappa shape index (κ3) is 8.11. The Morgan fingerprint density at radius 3 is 2.28 bits per heavy atom. The van der Waals surface area contributed by atoms with Crippen LogP contribution in [0.4, 0.5) is 0 Å². The first-order valence-corrected chi connectivity index (χ1v) is 6.91. The molecule has 18 heavy (non-hydrogen) atoms. The van der Waals surface area contributed by atoms with Crippen LogP contribution in [0.3, 0.4) is 0 Å². The maximum absolute atomic E-state index is 11.0. The van der Waals surface area contributed by atoms with Gasteiger partial charge in [0.1, 0.15) is 0 Å². The number of carboxylic acids is 1. The van der Waals surface area contributed by atoms with E-state index in [9.17, 15) is 14.4 Å². The molecule has 0 radical (unpaired) electrons. The van der Waals surface area contributed by atoms with Gasteiger partial charge in [-0.15, -0.1) is 0 Å². The predicted octanol–water partition coefficient (Wildman–Crippen LogP) is 1.62. The number of carbonyl (C=O) groups is 3. The van der Waals surface area contributed by atoms with Gasteiger partial charge in [-0.25, -0.2) is 0 Å². The minimum absolute atomic E-state index is 0.0110. The molecule has 5 nitrogen and oxygen atoms in total. The highest BCUT2D eigenvalue weighted by Crippen LogP contribution is 2.16. The molecule has 0 rings (SSSR count). The Morgan fingerprint density at radius 2 is 1.83 bits per heavy atom. The van der Waals surface area contributed by atoms with Crippen molar-refractivity contribution < 1.29 is 19.5 Å². The summed E-state index contributed by atoms with van der Waals surface area (Å²) in [5, 5.41) is 8.94. The highest BCUT2D eigenvalue weighted by molar-refractivity contribution is 8.13. The first-order chi connectivity index (χ1) is 8.34. The Balaban J connectivity index is 3.87. The van der Waals surface area contributed by atoms with Gasteiger partial charge in [0.15, 0.2) is 5.12 Å². The lowest BCUT2D eigenvalue weighted by atomic mass is 10.0. The zero-order valence-electron chi connectivity index (χ0n) is 11.1. The number of nitrogens with zero attached hydrogens (tertiary/aromatic N) is 1. The fraction of sp³-hybridized carbons (Fsp3) is 0.750. The van der Waals surface area contributed by atoms with E-state index >= 15 is 0 Å². The van der Waals surface area contributed by atoms with Crippen LogP contribution >= 0.6 is 11.8 Å². The number of amides is 1. The Morgan fingerprint density at radius 1 is 1.22 bits per heavy atom. The van der Waals surface area contributed by atoms with Crippen LogP contribution < -0.4 is 0 Å². The second kappa shape index (κ2) is 8.97. The number of unbranched alkanes of at least 4 members (excludes halogenated alkanes) is 1. The first-order valence-electron chi connectivity index (χ1n) is 5.92. The summed E-state index contributed by atoms with van der Waals surface area (Å²) in [6.07, 6.45) is 2.07. The second-order valence-electron chi connectivity index (χ2n) is 4.27. The Labute approximate surface area is 112 Å². The molecule has 0 fully saturated rings. The van der Waals surface area contributed by atoms with E-state index < -0.39 is 11.9 Å². The van der Waals surface area contributed by atoms with E-state index in [0.717, 1.165) is 24.6 Å². The molecule has 1 amide bonds. The molecule has 0 aliphatic rings. The lowest BCUT2D eigenvalue weighted by Gasteiger charge is -2.15. The maximum atomic E-state index is 11.0. The number of hydrogen-bond acceptors (Lipinski definition) is 4. The van der Waals surface area contributed by atoms with Crippen LogP contribution in [0.15, 0.2) is 0 Å². The fourth-order valence-electron chi connectivity index (χ4n) is 1.39. The SMILES string of the molecule is CC(=O)SCC(CCCCN(C)C(C)=O)C(=O)O. The normalized spacial score (nSPS) is 11.9. The lowest BCUT2D eigenvalue weighted by Crippen LogP contribution is -2.25. The van der Waals surface area contributed by atoms with Crippen molar-refractivity contribution in [2.24, 2.45) is 5.92 Å². The van der Waals surface area contributed by atoms with Gasteiger partial charge in [-0.1, -0.05) is 18.2 Å². The summed E-state index contributed by atoms with van der Waals surface area (Å²) in [4.78, 5) is 34.3. The molecule has 0 saturated heterocycles. The van der Waals surface area contributed by atoms with Crippen LogP contribution in [0.25, 0.3) is 0 Å². The number of rotatable bonds is 8. The van der Waals surface area contributed by atoms with E-state index in [1.54, 1.807) is 11.9 Å². The van der Waals surface area contributed by atoms with Crippen LogP contribution in [-0.2, 0) is 14.4 Å². The summed E-state index contributed by atoms with van der Waals surface area (Å²) in [5.41, 5.74) is 0. The molecule has 104 valence electrons. The molecule has 1 atom stereocenters. The molecule has 0 aromatic heterocycles. The number of hydrogen-bond donors (Lipinski definition) is 1. The molecular formula is C12H21NO4S. The fourth-order valence-corrected chi connectivity index (χ4v) is 2.14. The van der Waals surface area contributed by atoms with Gasteiger partial charge in [0.25, 0.3) is 0 Å². The van der Waals surface area contributed by atoms with Gasteiger partial charge in [0.2, 0.25) is 5.91 Å². The van der Waals surface area contributed by atoms with Gasteiger partial charge in [-0.2, -0.15) is 0 Å². The summed E-state index contributed by atoms with van der Waals surface area (Å²) in [6, 6.07) is 0. The van der Waals surface area contributed by atoms with Crippen LogP contribution in [0.5, 0.6) is 0 Å².